The fourth-order valence-corrected chi connectivity index (χ4v) is 2.63. The molecule has 0 aliphatic heterocycles. The van der Waals surface area contributed by atoms with Crippen LogP contribution in [0.3, 0.4) is 0 Å². The maximum absolute atomic E-state index is 14.4. The van der Waals surface area contributed by atoms with Gasteiger partial charge in [0.15, 0.2) is 0 Å². The largest absolute Gasteiger partial charge is 0.493 e. The molecule has 0 bridgehead atoms. The Morgan fingerprint density at radius 3 is 2.58 bits per heavy atom. The second-order valence-electron chi connectivity index (χ2n) is 5.60. The zero-order valence-corrected chi connectivity index (χ0v) is 13.6. The summed E-state index contributed by atoms with van der Waals surface area (Å²) in [5, 5.41) is 9.72. The fraction of sp³-hybridized carbons (Fsp3) is 0.333. The molecule has 0 saturated heterocycles. The van der Waals surface area contributed by atoms with E-state index in [1.165, 1.54) is 31.5 Å². The van der Waals surface area contributed by atoms with Crippen LogP contribution in [-0.4, -0.2) is 23.2 Å². The normalized spacial score (nSPS) is 12.0. The van der Waals surface area contributed by atoms with Crippen molar-refractivity contribution in [2.75, 3.05) is 7.11 Å². The molecule has 1 aromatic carbocycles. The number of rotatable bonds is 6. The molecule has 4 nitrogen and oxygen atoms in total. The molecule has 0 aliphatic carbocycles. The van der Waals surface area contributed by atoms with Gasteiger partial charge in [-0.1, -0.05) is 6.92 Å². The molecule has 128 valence electrons. The Hall–Kier alpha value is -2.50. The van der Waals surface area contributed by atoms with Gasteiger partial charge >= 0.3 is 5.97 Å². The summed E-state index contributed by atoms with van der Waals surface area (Å²) in [5.41, 5.74) is 0.466. The number of pyridine rings is 1. The predicted molar refractivity (Wildman–Crippen MR) is 85.5 cm³/mol. The van der Waals surface area contributed by atoms with E-state index in [-0.39, 0.29) is 40.9 Å². The van der Waals surface area contributed by atoms with E-state index in [9.17, 15) is 18.7 Å². The Balaban J connectivity index is 2.21. The van der Waals surface area contributed by atoms with E-state index in [1.54, 1.807) is 13.0 Å². The summed E-state index contributed by atoms with van der Waals surface area (Å²) in [6.07, 6.45) is 2.55. The predicted octanol–water partition coefficient (Wildman–Crippen LogP) is 4.18. The Kier molecular flexibility index (Phi) is 5.84. The molecular formula is C18H19F2NO3. The van der Waals surface area contributed by atoms with Crippen molar-refractivity contribution in [2.45, 2.75) is 32.1 Å². The molecule has 0 fully saturated rings. The van der Waals surface area contributed by atoms with Crippen LogP contribution >= 0.6 is 0 Å². The minimum absolute atomic E-state index is 0.0213. The molecule has 2 rings (SSSR count). The summed E-state index contributed by atoms with van der Waals surface area (Å²) in [6.45, 7) is 1.71. The van der Waals surface area contributed by atoms with Crippen molar-refractivity contribution in [3.8, 4) is 17.0 Å². The third-order valence-electron chi connectivity index (χ3n) is 3.92. The fourth-order valence-electron chi connectivity index (χ4n) is 2.63. The lowest BCUT2D eigenvalue weighted by Gasteiger charge is -2.15. The Bertz CT molecular complexity index is 711. The summed E-state index contributed by atoms with van der Waals surface area (Å²) in [7, 11) is 1.30. The third kappa shape index (κ3) is 4.07. The first kappa shape index (κ1) is 17.8. The number of carbonyl (C=O) groups excluding carboxylic acids is 1. The van der Waals surface area contributed by atoms with Gasteiger partial charge in [-0.3, -0.25) is 4.79 Å². The van der Waals surface area contributed by atoms with Crippen molar-refractivity contribution in [3.63, 3.8) is 0 Å². The number of esters is 1. The Morgan fingerprint density at radius 1 is 1.33 bits per heavy atom. The summed E-state index contributed by atoms with van der Waals surface area (Å²) in [6, 6.07) is 5.49. The van der Waals surface area contributed by atoms with Crippen LogP contribution in [0.4, 0.5) is 8.78 Å². The van der Waals surface area contributed by atoms with Crippen molar-refractivity contribution < 1.29 is 23.4 Å². The van der Waals surface area contributed by atoms with Crippen LogP contribution in [-0.2, 0) is 9.53 Å². The minimum Gasteiger partial charge on any atom is -0.493 e. The quantitative estimate of drug-likeness (QED) is 0.805. The summed E-state index contributed by atoms with van der Waals surface area (Å²) in [4.78, 5) is 14.8. The second-order valence-corrected chi connectivity index (χ2v) is 5.60. The van der Waals surface area contributed by atoms with Gasteiger partial charge in [0.2, 0.25) is 5.88 Å². The van der Waals surface area contributed by atoms with Crippen molar-refractivity contribution in [3.05, 3.63) is 47.7 Å². The zero-order valence-electron chi connectivity index (χ0n) is 13.6. The number of benzene rings is 1. The zero-order chi connectivity index (χ0) is 17.7. The number of carbonyl (C=O) groups is 1. The van der Waals surface area contributed by atoms with E-state index >= 15 is 0 Å². The average molecular weight is 335 g/mol. The van der Waals surface area contributed by atoms with Gasteiger partial charge in [-0.05, 0) is 48.6 Å². The lowest BCUT2D eigenvalue weighted by molar-refractivity contribution is -0.140. The van der Waals surface area contributed by atoms with Crippen LogP contribution in [0, 0.1) is 11.6 Å². The highest BCUT2D eigenvalue weighted by atomic mass is 19.1. The molecule has 0 aliphatic rings. The Morgan fingerprint density at radius 2 is 2.00 bits per heavy atom. The third-order valence-corrected chi connectivity index (χ3v) is 3.92. The highest BCUT2D eigenvalue weighted by Gasteiger charge is 2.19. The van der Waals surface area contributed by atoms with Crippen LogP contribution < -0.4 is 0 Å². The van der Waals surface area contributed by atoms with E-state index in [1.807, 2.05) is 0 Å². The molecule has 0 saturated carbocycles. The minimum atomic E-state index is -0.682. The average Bonchev–Trinajstić information content (AvgIpc) is 2.54. The monoisotopic (exact) mass is 335 g/mol. The van der Waals surface area contributed by atoms with E-state index in [4.69, 9.17) is 0 Å². The van der Waals surface area contributed by atoms with Crippen molar-refractivity contribution in [1.29, 1.82) is 0 Å². The van der Waals surface area contributed by atoms with Gasteiger partial charge in [-0.25, -0.2) is 13.8 Å². The standard InChI is InChI=1S/C18H19F2NO3/c1-11(5-3-7-16(22)24-2)17-14(19)9-12(10-15(17)20)13-6-4-8-21-18(13)23/h4,6,8-11H,3,5,7H2,1-2H3,(H,21,23). The van der Waals surface area contributed by atoms with Gasteiger partial charge < -0.3 is 9.84 Å². The summed E-state index contributed by atoms with van der Waals surface area (Å²) < 4.78 is 33.3. The molecule has 1 heterocycles. The summed E-state index contributed by atoms with van der Waals surface area (Å²) in [5.74, 6) is -2.37. The van der Waals surface area contributed by atoms with E-state index in [0.717, 1.165) is 0 Å². The van der Waals surface area contributed by atoms with Gasteiger partial charge in [0.25, 0.3) is 0 Å². The van der Waals surface area contributed by atoms with Crippen molar-refractivity contribution in [2.24, 2.45) is 0 Å². The number of hydrogen-bond acceptors (Lipinski definition) is 4. The maximum atomic E-state index is 14.4. The number of hydrogen-bond donors (Lipinski definition) is 1. The van der Waals surface area contributed by atoms with E-state index in [0.29, 0.717) is 12.8 Å². The molecule has 1 N–H and O–H groups in total. The van der Waals surface area contributed by atoms with E-state index < -0.39 is 11.6 Å². The van der Waals surface area contributed by atoms with Gasteiger partial charge in [-0.15, -0.1) is 0 Å². The topological polar surface area (TPSA) is 59.4 Å². The first-order chi connectivity index (χ1) is 11.4. The van der Waals surface area contributed by atoms with Gasteiger partial charge in [0.05, 0.1) is 7.11 Å². The lowest BCUT2D eigenvalue weighted by Crippen LogP contribution is -2.05. The lowest BCUT2D eigenvalue weighted by atomic mass is 9.92. The first-order valence-electron chi connectivity index (χ1n) is 7.64. The van der Waals surface area contributed by atoms with Gasteiger partial charge in [0.1, 0.15) is 11.6 Å². The SMILES string of the molecule is COC(=O)CCCC(C)c1c(F)cc(-c2cccnc2O)cc1F. The number of aromatic nitrogens is 1. The van der Waals surface area contributed by atoms with Crippen molar-refractivity contribution in [1.82, 2.24) is 4.98 Å². The van der Waals surface area contributed by atoms with Crippen LogP contribution in [0.2, 0.25) is 0 Å². The maximum Gasteiger partial charge on any atom is 0.305 e. The molecule has 1 aromatic heterocycles. The highest BCUT2D eigenvalue weighted by molar-refractivity contribution is 5.69. The molecule has 2 aromatic rings. The molecule has 0 spiro atoms. The molecule has 1 atom stereocenters. The summed E-state index contributed by atoms with van der Waals surface area (Å²) >= 11 is 0. The molecular weight excluding hydrogens is 316 g/mol. The van der Waals surface area contributed by atoms with Gasteiger partial charge in [0, 0.05) is 23.7 Å². The smallest absolute Gasteiger partial charge is 0.305 e. The second kappa shape index (κ2) is 7.86. The van der Waals surface area contributed by atoms with E-state index in [2.05, 4.69) is 9.72 Å². The number of nitrogens with zero attached hydrogens (tertiary/aromatic N) is 1. The highest BCUT2D eigenvalue weighted by Crippen LogP contribution is 2.33. The van der Waals surface area contributed by atoms with Crippen LogP contribution in [0.1, 0.15) is 37.7 Å². The van der Waals surface area contributed by atoms with Gasteiger partial charge in [-0.2, -0.15) is 0 Å². The number of ether oxygens (including phenoxy) is 1. The molecule has 6 heteroatoms. The number of methoxy groups -OCH3 is 1. The van der Waals surface area contributed by atoms with Crippen LogP contribution in [0.15, 0.2) is 30.5 Å². The molecule has 24 heavy (non-hydrogen) atoms. The van der Waals surface area contributed by atoms with Crippen LogP contribution in [0.5, 0.6) is 5.88 Å². The van der Waals surface area contributed by atoms with Crippen LogP contribution in [0.25, 0.3) is 11.1 Å². The molecule has 1 unspecified atom stereocenters. The molecule has 0 radical (unpaired) electrons. The Labute approximate surface area is 139 Å². The molecule has 0 amide bonds. The van der Waals surface area contributed by atoms with Crippen molar-refractivity contribution >= 4 is 5.97 Å². The number of aromatic hydroxyl groups is 1. The number of halogens is 2. The first-order valence-corrected chi connectivity index (χ1v) is 7.64.